The van der Waals surface area contributed by atoms with Gasteiger partial charge in [0.05, 0.1) is 17.2 Å². The van der Waals surface area contributed by atoms with Gasteiger partial charge in [0.2, 0.25) is 0 Å². The van der Waals surface area contributed by atoms with Crippen molar-refractivity contribution in [3.63, 3.8) is 0 Å². The Balaban J connectivity index is 1.70. The molecule has 2 aliphatic heterocycles. The fourth-order valence-electron chi connectivity index (χ4n) is 3.24. The van der Waals surface area contributed by atoms with E-state index in [1.165, 1.54) is 0 Å². The van der Waals surface area contributed by atoms with E-state index in [4.69, 9.17) is 0 Å². The maximum atomic E-state index is 12.3. The maximum absolute atomic E-state index is 12.3. The van der Waals surface area contributed by atoms with Crippen LogP contribution in [0.4, 0.5) is 10.5 Å². The Labute approximate surface area is 122 Å². The zero-order valence-electron chi connectivity index (χ0n) is 11.5. The van der Waals surface area contributed by atoms with Crippen LogP contribution in [0.15, 0.2) is 10.8 Å². The molecule has 2 saturated heterocycles. The second kappa shape index (κ2) is 4.46. The van der Waals surface area contributed by atoms with Crippen LogP contribution in [0.1, 0.15) is 12.5 Å². The second-order valence-electron chi connectivity index (χ2n) is 6.18. The van der Waals surface area contributed by atoms with Crippen LogP contribution in [0.3, 0.4) is 0 Å². The number of urea groups is 1. The van der Waals surface area contributed by atoms with E-state index in [-0.39, 0.29) is 28.9 Å². The van der Waals surface area contributed by atoms with Crippen molar-refractivity contribution in [2.24, 2.45) is 11.3 Å². The Morgan fingerprint density at radius 1 is 1.50 bits per heavy atom. The number of anilines is 1. The highest BCUT2D eigenvalue weighted by molar-refractivity contribution is 7.91. The van der Waals surface area contributed by atoms with Crippen molar-refractivity contribution in [1.82, 2.24) is 4.90 Å². The molecule has 0 spiro atoms. The smallest absolute Gasteiger partial charge is 0.321 e. The Morgan fingerprint density at radius 3 is 2.85 bits per heavy atom. The largest absolute Gasteiger partial charge is 0.324 e. The first-order valence-corrected chi connectivity index (χ1v) is 9.35. The summed E-state index contributed by atoms with van der Waals surface area (Å²) in [6, 6.07) is -0.125. The summed E-state index contributed by atoms with van der Waals surface area (Å²) in [6.07, 6.45) is 0. The lowest BCUT2D eigenvalue weighted by Gasteiger charge is -2.22. The number of nitrogens with one attached hydrogen (secondary N) is 1. The fraction of sp³-hybridized carbons (Fsp3) is 0.615. The summed E-state index contributed by atoms with van der Waals surface area (Å²) in [4.78, 5) is 14.0. The number of likely N-dealkylation sites (tertiary alicyclic amines) is 1. The first-order valence-electron chi connectivity index (χ1n) is 6.58. The van der Waals surface area contributed by atoms with Gasteiger partial charge in [-0.3, -0.25) is 0 Å². The second-order valence-corrected chi connectivity index (χ2v) is 9.04. The molecular formula is C13H18N2O3S2. The molecule has 2 aliphatic rings. The average Bonchev–Trinajstić information content (AvgIpc) is 2.89. The summed E-state index contributed by atoms with van der Waals surface area (Å²) < 4.78 is 23.4. The molecule has 0 aliphatic carbocycles. The number of hydrogen-bond donors (Lipinski definition) is 1. The normalized spacial score (nSPS) is 31.3. The van der Waals surface area contributed by atoms with Crippen LogP contribution in [0.5, 0.6) is 0 Å². The molecule has 2 fully saturated rings. The summed E-state index contributed by atoms with van der Waals surface area (Å²) in [5.74, 6) is 0.485. The zero-order valence-corrected chi connectivity index (χ0v) is 13.2. The molecule has 2 atom stereocenters. The molecule has 0 radical (unpaired) electrons. The van der Waals surface area contributed by atoms with E-state index in [9.17, 15) is 13.2 Å². The molecule has 0 aromatic carbocycles. The van der Waals surface area contributed by atoms with E-state index in [0.717, 1.165) is 11.3 Å². The van der Waals surface area contributed by atoms with E-state index in [1.54, 1.807) is 16.2 Å². The van der Waals surface area contributed by atoms with Gasteiger partial charge in [-0.1, -0.05) is 6.92 Å². The molecule has 1 aromatic heterocycles. The highest BCUT2D eigenvalue weighted by Gasteiger charge is 2.53. The standard InChI is InChI=1S/C13H18N2O3S2/c1-9-4-19-5-11(9)14-12(16)15-3-10-6-20(17,18)8-13(10,2)7-15/h4-5,10H,3,6-8H2,1-2H3,(H,14,16)/t10-,13+/m1/s1. The predicted octanol–water partition coefficient (Wildman–Crippen LogP) is 1.95. The average molecular weight is 314 g/mol. The SMILES string of the molecule is Cc1cscc1NC(=O)N1C[C@@H]2CS(=O)(=O)C[C@]2(C)C1. The van der Waals surface area contributed by atoms with Crippen LogP contribution in [-0.2, 0) is 9.84 Å². The van der Waals surface area contributed by atoms with Gasteiger partial charge in [0.15, 0.2) is 9.84 Å². The maximum Gasteiger partial charge on any atom is 0.321 e. The van der Waals surface area contributed by atoms with Crippen molar-refractivity contribution >= 4 is 32.9 Å². The summed E-state index contributed by atoms with van der Waals surface area (Å²) >= 11 is 1.55. The number of thiophene rings is 1. The molecule has 20 heavy (non-hydrogen) atoms. The van der Waals surface area contributed by atoms with Crippen LogP contribution in [0.2, 0.25) is 0 Å². The van der Waals surface area contributed by atoms with E-state index in [2.05, 4.69) is 5.32 Å². The minimum atomic E-state index is -2.93. The molecule has 0 bridgehead atoms. The van der Waals surface area contributed by atoms with E-state index in [1.807, 2.05) is 24.6 Å². The minimum absolute atomic E-state index is 0.0711. The Kier molecular flexibility index (Phi) is 3.10. The molecule has 3 heterocycles. The third kappa shape index (κ3) is 2.33. The fourth-order valence-corrected chi connectivity index (χ4v) is 6.59. The van der Waals surface area contributed by atoms with Crippen LogP contribution in [0, 0.1) is 18.3 Å². The summed E-state index contributed by atoms with van der Waals surface area (Å²) in [6.45, 7) is 4.99. The van der Waals surface area contributed by atoms with Gasteiger partial charge in [-0.15, -0.1) is 11.3 Å². The molecule has 1 aromatic rings. The van der Waals surface area contributed by atoms with Crippen LogP contribution in [0.25, 0.3) is 0 Å². The van der Waals surface area contributed by atoms with Crippen molar-refractivity contribution in [1.29, 1.82) is 0 Å². The minimum Gasteiger partial charge on any atom is -0.324 e. The number of carbonyl (C=O) groups excluding carboxylic acids is 1. The molecule has 3 rings (SSSR count). The summed E-state index contributed by atoms with van der Waals surface area (Å²) in [5, 5.41) is 6.81. The molecule has 0 saturated carbocycles. The van der Waals surface area contributed by atoms with Crippen molar-refractivity contribution in [3.8, 4) is 0 Å². The van der Waals surface area contributed by atoms with Gasteiger partial charge >= 0.3 is 6.03 Å². The molecule has 0 unspecified atom stereocenters. The van der Waals surface area contributed by atoms with Gasteiger partial charge in [-0.05, 0) is 23.8 Å². The van der Waals surface area contributed by atoms with E-state index in [0.29, 0.717) is 13.1 Å². The molecular weight excluding hydrogens is 296 g/mol. The first-order chi connectivity index (χ1) is 9.29. The Hall–Kier alpha value is -1.08. The third-order valence-corrected chi connectivity index (χ3v) is 7.24. The van der Waals surface area contributed by atoms with Crippen molar-refractivity contribution < 1.29 is 13.2 Å². The number of sulfone groups is 1. The lowest BCUT2D eigenvalue weighted by atomic mass is 9.84. The lowest BCUT2D eigenvalue weighted by molar-refractivity contribution is 0.217. The van der Waals surface area contributed by atoms with Crippen molar-refractivity contribution in [3.05, 3.63) is 16.3 Å². The number of aryl methyl sites for hydroxylation is 1. The number of fused-ring (bicyclic) bond motifs is 1. The first kappa shape index (κ1) is 13.9. The van der Waals surface area contributed by atoms with Crippen molar-refractivity contribution in [2.75, 3.05) is 29.9 Å². The molecule has 5 nitrogen and oxygen atoms in total. The highest BCUT2D eigenvalue weighted by Crippen LogP contribution is 2.43. The highest BCUT2D eigenvalue weighted by atomic mass is 32.2. The van der Waals surface area contributed by atoms with Gasteiger partial charge in [-0.25, -0.2) is 13.2 Å². The topological polar surface area (TPSA) is 66.5 Å². The predicted molar refractivity (Wildman–Crippen MR) is 79.9 cm³/mol. The van der Waals surface area contributed by atoms with Crippen LogP contribution in [-0.4, -0.2) is 43.9 Å². The lowest BCUT2D eigenvalue weighted by Crippen LogP contribution is -2.36. The van der Waals surface area contributed by atoms with Crippen LogP contribution >= 0.6 is 11.3 Å². The van der Waals surface area contributed by atoms with Gasteiger partial charge in [-0.2, -0.15) is 0 Å². The summed E-state index contributed by atoms with van der Waals surface area (Å²) in [7, 11) is -2.93. The van der Waals surface area contributed by atoms with Gasteiger partial charge in [0, 0.05) is 23.9 Å². The summed E-state index contributed by atoms with van der Waals surface area (Å²) in [5.41, 5.74) is 1.62. The zero-order chi connectivity index (χ0) is 14.5. The number of rotatable bonds is 1. The molecule has 7 heteroatoms. The van der Waals surface area contributed by atoms with Gasteiger partial charge < -0.3 is 10.2 Å². The molecule has 2 amide bonds. The number of hydrogen-bond acceptors (Lipinski definition) is 4. The number of nitrogens with zero attached hydrogens (tertiary/aromatic N) is 1. The van der Waals surface area contributed by atoms with Crippen molar-refractivity contribution in [2.45, 2.75) is 13.8 Å². The van der Waals surface area contributed by atoms with Gasteiger partial charge in [0.25, 0.3) is 0 Å². The van der Waals surface area contributed by atoms with E-state index >= 15 is 0 Å². The number of amides is 2. The Bertz CT molecular complexity index is 652. The van der Waals surface area contributed by atoms with Gasteiger partial charge in [0.1, 0.15) is 0 Å². The molecule has 1 N–H and O–H groups in total. The number of carbonyl (C=O) groups is 1. The molecule has 110 valence electrons. The van der Waals surface area contributed by atoms with Crippen LogP contribution < -0.4 is 5.32 Å². The third-order valence-electron chi connectivity index (χ3n) is 4.37. The Morgan fingerprint density at radius 2 is 2.25 bits per heavy atom. The quantitative estimate of drug-likeness (QED) is 0.861. The monoisotopic (exact) mass is 314 g/mol. The van der Waals surface area contributed by atoms with E-state index < -0.39 is 9.84 Å².